The number of benzene rings is 1. The average molecular weight is 293 g/mol. The second-order valence-corrected chi connectivity index (χ2v) is 5.12. The summed E-state index contributed by atoms with van der Waals surface area (Å²) in [4.78, 5) is 23.7. The lowest BCUT2D eigenvalue weighted by atomic mass is 10.2. The summed E-state index contributed by atoms with van der Waals surface area (Å²) in [6, 6.07) is 5.05. The fourth-order valence-electron chi connectivity index (χ4n) is 2.29. The number of morpholine rings is 1. The van der Waals surface area contributed by atoms with Crippen molar-refractivity contribution < 1.29 is 14.5 Å². The summed E-state index contributed by atoms with van der Waals surface area (Å²) in [5.41, 5.74) is 1.35. The summed E-state index contributed by atoms with van der Waals surface area (Å²) in [5, 5.41) is 14.1. The average Bonchev–Trinajstić information content (AvgIpc) is 2.46. The molecule has 1 aliphatic rings. The summed E-state index contributed by atoms with van der Waals surface area (Å²) >= 11 is 0. The van der Waals surface area contributed by atoms with Crippen LogP contribution in [0.15, 0.2) is 18.2 Å². The number of carbonyl (C=O) groups is 1. The molecule has 0 bridgehead atoms. The maximum atomic E-state index is 11.4. The molecular weight excluding hydrogens is 274 g/mol. The van der Waals surface area contributed by atoms with Gasteiger partial charge < -0.3 is 15.0 Å². The van der Waals surface area contributed by atoms with Crippen LogP contribution in [0, 0.1) is 17.0 Å². The van der Waals surface area contributed by atoms with Gasteiger partial charge in [0.15, 0.2) is 0 Å². The van der Waals surface area contributed by atoms with Gasteiger partial charge in [0.05, 0.1) is 17.6 Å². The predicted molar refractivity (Wildman–Crippen MR) is 78.3 cm³/mol. The Morgan fingerprint density at radius 1 is 1.57 bits per heavy atom. The number of anilines is 1. The lowest BCUT2D eigenvalue weighted by molar-refractivity contribution is -0.384. The number of nitrogens with one attached hydrogen (secondary N) is 1. The fourth-order valence-corrected chi connectivity index (χ4v) is 2.29. The highest BCUT2D eigenvalue weighted by molar-refractivity contribution is 5.73. The third kappa shape index (κ3) is 3.91. The van der Waals surface area contributed by atoms with Crippen molar-refractivity contribution in [3.63, 3.8) is 0 Å². The van der Waals surface area contributed by atoms with Gasteiger partial charge in [-0.25, -0.2) is 0 Å². The molecule has 7 nitrogen and oxygen atoms in total. The van der Waals surface area contributed by atoms with Crippen LogP contribution >= 0.6 is 0 Å². The molecule has 1 saturated heterocycles. The van der Waals surface area contributed by atoms with E-state index in [0.717, 1.165) is 5.56 Å². The van der Waals surface area contributed by atoms with Crippen LogP contribution in [-0.4, -0.2) is 48.1 Å². The Labute approximate surface area is 123 Å². The summed E-state index contributed by atoms with van der Waals surface area (Å²) in [6.07, 6.45) is -0.163. The number of amides is 1. The lowest BCUT2D eigenvalue weighted by Crippen LogP contribution is -2.47. The van der Waals surface area contributed by atoms with Crippen LogP contribution in [0.4, 0.5) is 11.4 Å². The van der Waals surface area contributed by atoms with E-state index in [1.54, 1.807) is 11.0 Å². The van der Waals surface area contributed by atoms with E-state index < -0.39 is 4.92 Å². The molecule has 2 rings (SSSR count). The maximum Gasteiger partial charge on any atom is 0.292 e. The highest BCUT2D eigenvalue weighted by Crippen LogP contribution is 2.25. The van der Waals surface area contributed by atoms with Crippen molar-refractivity contribution in [2.45, 2.75) is 20.0 Å². The predicted octanol–water partition coefficient (Wildman–Crippen LogP) is 1.56. The van der Waals surface area contributed by atoms with E-state index in [4.69, 9.17) is 4.74 Å². The Morgan fingerprint density at radius 2 is 2.33 bits per heavy atom. The molecule has 1 N–H and O–H groups in total. The molecule has 114 valence electrons. The van der Waals surface area contributed by atoms with Crippen LogP contribution in [0.25, 0.3) is 0 Å². The number of nitro groups is 1. The van der Waals surface area contributed by atoms with E-state index in [-0.39, 0.29) is 17.7 Å². The summed E-state index contributed by atoms with van der Waals surface area (Å²) < 4.78 is 5.58. The fraction of sp³-hybridized carbons (Fsp3) is 0.500. The minimum absolute atomic E-state index is 0.0182. The van der Waals surface area contributed by atoms with Gasteiger partial charge >= 0.3 is 0 Å². The number of nitrogens with zero attached hydrogens (tertiary/aromatic N) is 2. The zero-order valence-corrected chi connectivity index (χ0v) is 12.2. The first-order valence-corrected chi connectivity index (χ1v) is 6.83. The van der Waals surface area contributed by atoms with Gasteiger partial charge in [-0.3, -0.25) is 14.9 Å². The minimum atomic E-state index is -0.404. The van der Waals surface area contributed by atoms with E-state index in [2.05, 4.69) is 5.32 Å². The number of aryl methyl sites for hydroxylation is 1. The summed E-state index contributed by atoms with van der Waals surface area (Å²) in [7, 11) is 0. The zero-order chi connectivity index (χ0) is 15.4. The molecule has 1 aromatic rings. The SMILES string of the molecule is CC(=O)N1CCO[C@@H](CNc2ccc(C)cc2[N+](=O)[O-])C1. The quantitative estimate of drug-likeness (QED) is 0.672. The monoisotopic (exact) mass is 293 g/mol. The first-order chi connectivity index (χ1) is 9.97. The highest BCUT2D eigenvalue weighted by atomic mass is 16.6. The standard InChI is InChI=1S/C14H19N3O4/c1-10-3-4-13(14(7-10)17(19)20)15-8-12-9-16(11(2)18)5-6-21-12/h3-4,7,12,15H,5-6,8-9H2,1-2H3/t12-/m0/s1. The Hall–Kier alpha value is -2.15. The normalized spacial score (nSPS) is 18.4. The Morgan fingerprint density at radius 3 is 3.00 bits per heavy atom. The van der Waals surface area contributed by atoms with Crippen LogP contribution in [0.1, 0.15) is 12.5 Å². The van der Waals surface area contributed by atoms with Gasteiger partial charge in [0.2, 0.25) is 5.91 Å². The molecule has 0 saturated carbocycles. The number of carbonyl (C=O) groups excluding carboxylic acids is 1. The van der Waals surface area contributed by atoms with Crippen molar-refractivity contribution in [1.82, 2.24) is 4.90 Å². The molecule has 0 unspecified atom stereocenters. The topological polar surface area (TPSA) is 84.7 Å². The van der Waals surface area contributed by atoms with E-state index in [0.29, 0.717) is 31.9 Å². The molecular formula is C14H19N3O4. The van der Waals surface area contributed by atoms with Gasteiger partial charge in [0.25, 0.3) is 5.69 Å². The van der Waals surface area contributed by atoms with E-state index >= 15 is 0 Å². The molecule has 0 aromatic heterocycles. The molecule has 1 heterocycles. The van der Waals surface area contributed by atoms with E-state index in [1.165, 1.54) is 13.0 Å². The molecule has 1 aliphatic heterocycles. The Balaban J connectivity index is 2.00. The number of rotatable bonds is 4. The zero-order valence-electron chi connectivity index (χ0n) is 12.2. The van der Waals surface area contributed by atoms with Crippen LogP contribution < -0.4 is 5.32 Å². The van der Waals surface area contributed by atoms with Gasteiger partial charge in [-0.2, -0.15) is 0 Å². The minimum Gasteiger partial charge on any atom is -0.377 e. The van der Waals surface area contributed by atoms with Crippen molar-refractivity contribution in [3.05, 3.63) is 33.9 Å². The Bertz CT molecular complexity index is 547. The third-order valence-corrected chi connectivity index (χ3v) is 3.45. The Kier molecular flexibility index (Phi) is 4.74. The van der Waals surface area contributed by atoms with Crippen molar-refractivity contribution in [2.75, 3.05) is 31.6 Å². The van der Waals surface area contributed by atoms with Crippen LogP contribution in [0.3, 0.4) is 0 Å². The van der Waals surface area contributed by atoms with Crippen molar-refractivity contribution in [2.24, 2.45) is 0 Å². The third-order valence-electron chi connectivity index (χ3n) is 3.45. The molecule has 21 heavy (non-hydrogen) atoms. The second kappa shape index (κ2) is 6.53. The first kappa shape index (κ1) is 15.2. The smallest absolute Gasteiger partial charge is 0.292 e. The van der Waals surface area contributed by atoms with Gasteiger partial charge in [-0.15, -0.1) is 0 Å². The van der Waals surface area contributed by atoms with Crippen LogP contribution in [0.5, 0.6) is 0 Å². The molecule has 7 heteroatoms. The molecule has 0 aliphatic carbocycles. The van der Waals surface area contributed by atoms with Crippen molar-refractivity contribution in [1.29, 1.82) is 0 Å². The van der Waals surface area contributed by atoms with Gasteiger partial charge in [-0.1, -0.05) is 6.07 Å². The number of nitro benzene ring substituents is 1. The van der Waals surface area contributed by atoms with E-state index in [1.807, 2.05) is 13.0 Å². The maximum absolute atomic E-state index is 11.4. The number of hydrogen-bond acceptors (Lipinski definition) is 5. The van der Waals surface area contributed by atoms with Crippen molar-refractivity contribution in [3.8, 4) is 0 Å². The van der Waals surface area contributed by atoms with Gasteiger partial charge in [-0.05, 0) is 18.6 Å². The van der Waals surface area contributed by atoms with Crippen molar-refractivity contribution >= 4 is 17.3 Å². The lowest BCUT2D eigenvalue weighted by Gasteiger charge is -2.32. The summed E-state index contributed by atoms with van der Waals surface area (Å²) in [5.74, 6) is 0.0182. The first-order valence-electron chi connectivity index (χ1n) is 6.83. The molecule has 0 spiro atoms. The molecule has 1 fully saturated rings. The van der Waals surface area contributed by atoms with E-state index in [9.17, 15) is 14.9 Å². The van der Waals surface area contributed by atoms with Crippen LogP contribution in [0.2, 0.25) is 0 Å². The molecule has 0 radical (unpaired) electrons. The number of ether oxygens (including phenoxy) is 1. The second-order valence-electron chi connectivity index (χ2n) is 5.12. The van der Waals surface area contributed by atoms with Gasteiger partial charge in [0, 0.05) is 32.6 Å². The number of hydrogen-bond donors (Lipinski definition) is 1. The largest absolute Gasteiger partial charge is 0.377 e. The molecule has 1 atom stereocenters. The molecule has 1 amide bonds. The highest BCUT2D eigenvalue weighted by Gasteiger charge is 2.23. The van der Waals surface area contributed by atoms with Crippen LogP contribution in [-0.2, 0) is 9.53 Å². The summed E-state index contributed by atoms with van der Waals surface area (Å²) in [6.45, 7) is 5.35. The molecule has 1 aromatic carbocycles. The van der Waals surface area contributed by atoms with Gasteiger partial charge in [0.1, 0.15) is 5.69 Å².